The van der Waals surface area contributed by atoms with E-state index in [9.17, 15) is 19.7 Å². The van der Waals surface area contributed by atoms with Crippen LogP contribution in [0.5, 0.6) is 0 Å². The van der Waals surface area contributed by atoms with E-state index < -0.39 is 10.3 Å². The van der Waals surface area contributed by atoms with Gasteiger partial charge >= 0.3 is 0 Å². The van der Waals surface area contributed by atoms with Crippen LogP contribution in [-0.4, -0.2) is 16.7 Å². The molecule has 1 aliphatic heterocycles. The molecule has 0 N–H and O–H groups in total. The van der Waals surface area contributed by atoms with Crippen molar-refractivity contribution in [2.45, 2.75) is 45.4 Å². The maximum atomic E-state index is 13.2. The standard InChI is InChI=1S/C21H24N2O4/c1-21(2,3)15-7-4-10(8-16(15)23(26)27)22-19(24)17-11-5-6-12(14-9-13(11)14)18(17)20(22)25/h4,7-8,11-14,17-18H,5-6,9H2,1-3H3/t11-,12+,13-,14+,17-,18+. The van der Waals surface area contributed by atoms with E-state index in [0.29, 0.717) is 34.9 Å². The Morgan fingerprint density at radius 2 is 1.56 bits per heavy atom. The van der Waals surface area contributed by atoms with Crippen LogP contribution in [0, 0.1) is 45.6 Å². The maximum Gasteiger partial charge on any atom is 0.275 e. The Hall–Kier alpha value is -2.24. The summed E-state index contributed by atoms with van der Waals surface area (Å²) in [5.74, 6) is 1.22. The number of rotatable bonds is 2. The summed E-state index contributed by atoms with van der Waals surface area (Å²) in [6, 6.07) is 4.81. The van der Waals surface area contributed by atoms with Gasteiger partial charge in [0, 0.05) is 11.6 Å². The van der Waals surface area contributed by atoms with Gasteiger partial charge in [-0.05, 0) is 60.5 Å². The lowest BCUT2D eigenvalue weighted by Crippen LogP contribution is -2.43. The Balaban J connectivity index is 1.56. The number of nitro benzene ring substituents is 1. The number of anilines is 1. The first kappa shape index (κ1) is 16.9. The summed E-state index contributed by atoms with van der Waals surface area (Å²) in [6.45, 7) is 5.75. The molecule has 0 unspecified atom stereocenters. The molecule has 142 valence electrons. The average molecular weight is 368 g/mol. The Labute approximate surface area is 158 Å². The number of carbonyl (C=O) groups excluding carboxylic acids is 2. The molecule has 6 atom stereocenters. The normalized spacial score (nSPS) is 36.6. The number of benzene rings is 1. The van der Waals surface area contributed by atoms with Crippen molar-refractivity contribution >= 4 is 23.2 Å². The van der Waals surface area contributed by atoms with Gasteiger partial charge in [-0.15, -0.1) is 0 Å². The van der Waals surface area contributed by atoms with Gasteiger partial charge < -0.3 is 0 Å². The van der Waals surface area contributed by atoms with Gasteiger partial charge in [0.25, 0.3) is 5.69 Å². The second-order valence-corrected chi connectivity index (χ2v) is 9.74. The first-order valence-electron chi connectivity index (χ1n) is 9.87. The van der Waals surface area contributed by atoms with E-state index in [2.05, 4.69) is 0 Å². The molecule has 1 aromatic rings. The quantitative estimate of drug-likeness (QED) is 0.453. The molecule has 1 aromatic carbocycles. The molecule has 2 amide bonds. The smallest absolute Gasteiger partial charge is 0.274 e. The molecule has 2 bridgehead atoms. The van der Waals surface area contributed by atoms with Gasteiger partial charge in [-0.25, -0.2) is 4.90 Å². The third kappa shape index (κ3) is 2.18. The van der Waals surface area contributed by atoms with Gasteiger partial charge in [0.1, 0.15) is 0 Å². The van der Waals surface area contributed by atoms with E-state index in [-0.39, 0.29) is 29.3 Å². The number of amides is 2. The van der Waals surface area contributed by atoms with Crippen molar-refractivity contribution < 1.29 is 14.5 Å². The molecule has 6 rings (SSSR count). The molecule has 6 heteroatoms. The fraction of sp³-hybridized carbons (Fsp3) is 0.619. The molecule has 0 spiro atoms. The van der Waals surface area contributed by atoms with Gasteiger partial charge in [-0.1, -0.05) is 20.8 Å². The lowest BCUT2D eigenvalue weighted by molar-refractivity contribution is -0.385. The third-order valence-electron chi connectivity index (χ3n) is 7.39. The molecular formula is C21H24N2O4. The van der Waals surface area contributed by atoms with E-state index in [1.807, 2.05) is 20.8 Å². The van der Waals surface area contributed by atoms with Gasteiger partial charge in [-0.3, -0.25) is 19.7 Å². The molecule has 1 heterocycles. The number of nitrogens with zero attached hydrogens (tertiary/aromatic N) is 2. The second kappa shape index (κ2) is 5.18. The van der Waals surface area contributed by atoms with Crippen LogP contribution in [-0.2, 0) is 15.0 Å². The predicted molar refractivity (Wildman–Crippen MR) is 99.1 cm³/mol. The van der Waals surface area contributed by atoms with Crippen LogP contribution in [0.2, 0.25) is 0 Å². The fourth-order valence-electron chi connectivity index (χ4n) is 6.24. The number of carbonyl (C=O) groups is 2. The summed E-state index contributed by atoms with van der Waals surface area (Å²) in [4.78, 5) is 38.9. The van der Waals surface area contributed by atoms with Crippen molar-refractivity contribution in [1.82, 2.24) is 0 Å². The number of hydrogen-bond donors (Lipinski definition) is 0. The maximum absolute atomic E-state index is 13.2. The van der Waals surface area contributed by atoms with Crippen LogP contribution in [0.1, 0.15) is 45.6 Å². The second-order valence-electron chi connectivity index (χ2n) is 9.74. The van der Waals surface area contributed by atoms with Crippen molar-refractivity contribution in [3.05, 3.63) is 33.9 Å². The first-order chi connectivity index (χ1) is 12.7. The van der Waals surface area contributed by atoms with Crippen molar-refractivity contribution in [2.24, 2.45) is 35.5 Å². The summed E-state index contributed by atoms with van der Waals surface area (Å²) in [5.41, 5.74) is 0.538. The minimum Gasteiger partial charge on any atom is -0.274 e. The lowest BCUT2D eigenvalue weighted by atomic mass is 9.59. The fourth-order valence-corrected chi connectivity index (χ4v) is 6.24. The highest BCUT2D eigenvalue weighted by Crippen LogP contribution is 2.68. The van der Waals surface area contributed by atoms with Gasteiger partial charge in [-0.2, -0.15) is 0 Å². The number of nitro groups is 1. The van der Waals surface area contributed by atoms with Crippen LogP contribution in [0.4, 0.5) is 11.4 Å². The zero-order valence-corrected chi connectivity index (χ0v) is 15.8. The minimum absolute atomic E-state index is 0.0266. The van der Waals surface area contributed by atoms with E-state index in [1.165, 1.54) is 17.4 Å². The Bertz CT molecular complexity index is 853. The third-order valence-corrected chi connectivity index (χ3v) is 7.39. The molecule has 5 fully saturated rings. The average Bonchev–Trinajstić information content (AvgIpc) is 3.38. The van der Waals surface area contributed by atoms with Crippen LogP contribution in [0.3, 0.4) is 0 Å². The Morgan fingerprint density at radius 3 is 2.04 bits per heavy atom. The summed E-state index contributed by atoms with van der Waals surface area (Å²) in [7, 11) is 0. The highest BCUT2D eigenvalue weighted by molar-refractivity contribution is 6.22. The molecule has 6 nitrogen and oxygen atoms in total. The number of imide groups is 1. The molecular weight excluding hydrogens is 344 g/mol. The summed E-state index contributed by atoms with van der Waals surface area (Å²) in [5, 5.41) is 11.6. The lowest BCUT2D eigenvalue weighted by Gasteiger charge is -2.42. The molecule has 1 saturated heterocycles. The van der Waals surface area contributed by atoms with Crippen LogP contribution < -0.4 is 4.90 Å². The molecule has 4 aliphatic carbocycles. The van der Waals surface area contributed by atoms with Crippen LogP contribution >= 0.6 is 0 Å². The van der Waals surface area contributed by atoms with Crippen LogP contribution in [0.15, 0.2) is 18.2 Å². The van der Waals surface area contributed by atoms with Crippen molar-refractivity contribution in [3.63, 3.8) is 0 Å². The Morgan fingerprint density at radius 1 is 1.00 bits per heavy atom. The first-order valence-corrected chi connectivity index (χ1v) is 9.87. The highest BCUT2D eigenvalue weighted by atomic mass is 16.6. The Kier molecular flexibility index (Phi) is 3.24. The van der Waals surface area contributed by atoms with E-state index >= 15 is 0 Å². The molecule has 5 aliphatic rings. The monoisotopic (exact) mass is 368 g/mol. The van der Waals surface area contributed by atoms with Gasteiger partial charge in [0.15, 0.2) is 0 Å². The summed E-state index contributed by atoms with van der Waals surface area (Å²) < 4.78 is 0. The molecule has 0 radical (unpaired) electrons. The van der Waals surface area contributed by atoms with Gasteiger partial charge in [0.05, 0.1) is 22.4 Å². The highest BCUT2D eigenvalue weighted by Gasteiger charge is 2.68. The minimum atomic E-state index is -0.416. The molecule has 4 saturated carbocycles. The summed E-state index contributed by atoms with van der Waals surface area (Å²) in [6.07, 6.45) is 3.26. The number of hydrogen-bond acceptors (Lipinski definition) is 4. The van der Waals surface area contributed by atoms with Crippen LogP contribution in [0.25, 0.3) is 0 Å². The zero-order valence-electron chi connectivity index (χ0n) is 15.8. The largest absolute Gasteiger partial charge is 0.275 e. The topological polar surface area (TPSA) is 80.5 Å². The predicted octanol–water partition coefficient (Wildman–Crippen LogP) is 3.67. The van der Waals surface area contributed by atoms with Crippen molar-refractivity contribution in [2.75, 3.05) is 4.90 Å². The van der Waals surface area contributed by atoms with E-state index in [4.69, 9.17) is 0 Å². The van der Waals surface area contributed by atoms with Gasteiger partial charge in [0.2, 0.25) is 11.8 Å². The molecule has 0 aromatic heterocycles. The summed E-state index contributed by atoms with van der Waals surface area (Å²) >= 11 is 0. The SMILES string of the molecule is CC(C)(C)c1ccc(N2C(=O)[C@@H]3[C@@H]4CC[C@@H]([C@@H]5C[C@@H]54)[C@@H]3C2=O)cc1[N+](=O)[O-]. The van der Waals surface area contributed by atoms with E-state index in [1.54, 1.807) is 12.1 Å². The van der Waals surface area contributed by atoms with Crippen molar-refractivity contribution in [3.8, 4) is 0 Å². The van der Waals surface area contributed by atoms with E-state index in [0.717, 1.165) is 12.8 Å². The number of fused-ring (bicyclic) bond motifs is 1. The zero-order chi connectivity index (χ0) is 19.2. The van der Waals surface area contributed by atoms with Crippen molar-refractivity contribution in [1.29, 1.82) is 0 Å². The molecule has 27 heavy (non-hydrogen) atoms.